The maximum Gasteiger partial charge on any atom is 0.240 e. The Bertz CT molecular complexity index is 693. The van der Waals surface area contributed by atoms with Crippen LogP contribution in [-0.2, 0) is 17.9 Å². The van der Waals surface area contributed by atoms with E-state index in [9.17, 15) is 4.79 Å². The maximum atomic E-state index is 11.2. The molecule has 0 bridgehead atoms. The van der Waals surface area contributed by atoms with Crippen molar-refractivity contribution >= 4 is 5.91 Å². The van der Waals surface area contributed by atoms with Crippen molar-refractivity contribution < 1.29 is 18.8 Å². The van der Waals surface area contributed by atoms with Gasteiger partial charge >= 0.3 is 0 Å². The van der Waals surface area contributed by atoms with Gasteiger partial charge in [0, 0.05) is 5.92 Å². The summed E-state index contributed by atoms with van der Waals surface area (Å²) in [4.78, 5) is 17.7. The van der Waals surface area contributed by atoms with Gasteiger partial charge in [-0.1, -0.05) is 5.16 Å². The predicted octanol–water partition coefficient (Wildman–Crippen LogP) is 1.35. The summed E-state index contributed by atoms with van der Waals surface area (Å²) >= 11 is 0. The lowest BCUT2D eigenvalue weighted by molar-refractivity contribution is -0.123. The average Bonchev–Trinajstić information content (AvgIpc) is 3.08. The number of piperidine rings is 1. The minimum absolute atomic E-state index is 0.0209. The highest BCUT2D eigenvalue weighted by Gasteiger charge is 2.24. The smallest absolute Gasteiger partial charge is 0.240 e. The van der Waals surface area contributed by atoms with Crippen LogP contribution in [0.1, 0.15) is 24.6 Å². The number of aromatic nitrogens is 2. The zero-order chi connectivity index (χ0) is 17.6. The first-order valence-electron chi connectivity index (χ1n) is 8.24. The van der Waals surface area contributed by atoms with Crippen molar-refractivity contribution in [2.24, 2.45) is 11.7 Å². The number of primary amides is 1. The molecule has 2 N–H and O–H groups in total. The first-order valence-corrected chi connectivity index (χ1v) is 8.24. The number of hydrogen-bond donors (Lipinski definition) is 1. The number of amides is 1. The number of nitrogens with two attached hydrogens (primary N) is 1. The molecule has 134 valence electrons. The minimum Gasteiger partial charge on any atom is -0.497 e. The molecule has 3 rings (SSSR count). The highest BCUT2D eigenvalue weighted by molar-refractivity contribution is 5.76. The van der Waals surface area contributed by atoms with E-state index in [4.69, 9.17) is 19.7 Å². The highest BCUT2D eigenvalue weighted by atomic mass is 16.5. The third-order valence-corrected chi connectivity index (χ3v) is 4.29. The number of methoxy groups -OCH3 is 1. The molecule has 0 unspecified atom stereocenters. The second kappa shape index (κ2) is 7.98. The Kier molecular flexibility index (Phi) is 5.49. The van der Waals surface area contributed by atoms with Crippen molar-refractivity contribution in [1.29, 1.82) is 0 Å². The van der Waals surface area contributed by atoms with Gasteiger partial charge in [-0.05, 0) is 50.2 Å². The summed E-state index contributed by atoms with van der Waals surface area (Å²) < 4.78 is 16.0. The Morgan fingerprint density at radius 2 is 1.96 bits per heavy atom. The van der Waals surface area contributed by atoms with Crippen LogP contribution in [0.25, 0.3) is 0 Å². The number of likely N-dealkylation sites (tertiary alicyclic amines) is 1. The van der Waals surface area contributed by atoms with Crippen molar-refractivity contribution in [3.05, 3.63) is 36.0 Å². The molecule has 1 saturated heterocycles. The van der Waals surface area contributed by atoms with E-state index >= 15 is 0 Å². The molecule has 8 nitrogen and oxygen atoms in total. The molecule has 1 aliphatic heterocycles. The van der Waals surface area contributed by atoms with Crippen LogP contribution in [0.3, 0.4) is 0 Å². The Morgan fingerprint density at radius 3 is 2.60 bits per heavy atom. The van der Waals surface area contributed by atoms with Crippen LogP contribution in [0.15, 0.2) is 28.8 Å². The molecule has 2 aromatic rings. The summed E-state index contributed by atoms with van der Waals surface area (Å²) in [5, 5.41) is 3.94. The normalized spacial score (nSPS) is 15.9. The molecule has 25 heavy (non-hydrogen) atoms. The Labute approximate surface area is 145 Å². The van der Waals surface area contributed by atoms with E-state index < -0.39 is 0 Å². The molecule has 0 spiro atoms. The van der Waals surface area contributed by atoms with Gasteiger partial charge in [0.25, 0.3) is 0 Å². The summed E-state index contributed by atoms with van der Waals surface area (Å²) in [5.74, 6) is 2.29. The van der Waals surface area contributed by atoms with E-state index in [2.05, 4.69) is 15.0 Å². The fourth-order valence-electron chi connectivity index (χ4n) is 2.80. The Hall–Kier alpha value is -2.61. The molecule has 1 fully saturated rings. The predicted molar refractivity (Wildman–Crippen MR) is 88.8 cm³/mol. The fourth-order valence-corrected chi connectivity index (χ4v) is 2.80. The molecule has 1 amide bonds. The zero-order valence-corrected chi connectivity index (χ0v) is 14.2. The summed E-state index contributed by atoms with van der Waals surface area (Å²) in [6, 6.07) is 7.30. The molecule has 0 saturated carbocycles. The van der Waals surface area contributed by atoms with Gasteiger partial charge in [0.15, 0.2) is 6.61 Å². The molecule has 0 atom stereocenters. The van der Waals surface area contributed by atoms with Crippen LogP contribution >= 0.6 is 0 Å². The van der Waals surface area contributed by atoms with Crippen molar-refractivity contribution in [3.63, 3.8) is 0 Å². The fraction of sp³-hybridized carbons (Fsp3) is 0.471. The molecule has 1 aromatic carbocycles. The summed E-state index contributed by atoms with van der Waals surface area (Å²) in [5.41, 5.74) is 5.35. The SMILES string of the molecule is COc1ccc(OCc2noc(CN3CCC(C(N)=O)CC3)n2)cc1. The van der Waals surface area contributed by atoms with E-state index in [-0.39, 0.29) is 18.4 Å². The lowest BCUT2D eigenvalue weighted by Gasteiger charge is -2.29. The number of nitrogens with zero attached hydrogens (tertiary/aromatic N) is 3. The van der Waals surface area contributed by atoms with Gasteiger partial charge in [-0.15, -0.1) is 0 Å². The third-order valence-electron chi connectivity index (χ3n) is 4.29. The summed E-state index contributed by atoms with van der Waals surface area (Å²) in [6.45, 7) is 2.40. The van der Waals surface area contributed by atoms with E-state index in [1.807, 2.05) is 24.3 Å². The molecule has 1 aliphatic rings. The standard InChI is InChI=1S/C17H22N4O4/c1-23-13-2-4-14(5-3-13)24-11-15-19-16(25-20-15)10-21-8-6-12(7-9-21)17(18)22/h2-5,12H,6-11H2,1H3,(H2,18,22). The van der Waals surface area contributed by atoms with Crippen molar-refractivity contribution in [3.8, 4) is 11.5 Å². The van der Waals surface area contributed by atoms with E-state index in [0.717, 1.165) is 31.7 Å². The second-order valence-electron chi connectivity index (χ2n) is 6.02. The van der Waals surface area contributed by atoms with Crippen molar-refractivity contribution in [2.75, 3.05) is 20.2 Å². The van der Waals surface area contributed by atoms with Crippen LogP contribution in [0.5, 0.6) is 11.5 Å². The third kappa shape index (κ3) is 4.69. The van der Waals surface area contributed by atoms with Crippen molar-refractivity contribution in [2.45, 2.75) is 26.0 Å². The molecule has 1 aromatic heterocycles. The number of hydrogen-bond acceptors (Lipinski definition) is 7. The van der Waals surface area contributed by atoms with Gasteiger partial charge in [0.2, 0.25) is 17.6 Å². The van der Waals surface area contributed by atoms with Gasteiger partial charge in [-0.3, -0.25) is 9.69 Å². The highest BCUT2D eigenvalue weighted by Crippen LogP contribution is 2.19. The first-order chi connectivity index (χ1) is 12.1. The number of rotatable bonds is 7. The topological polar surface area (TPSA) is 104 Å². The average molecular weight is 346 g/mol. The summed E-state index contributed by atoms with van der Waals surface area (Å²) in [6.07, 6.45) is 1.55. The van der Waals surface area contributed by atoms with Crippen LogP contribution in [-0.4, -0.2) is 41.1 Å². The van der Waals surface area contributed by atoms with Gasteiger partial charge in [-0.25, -0.2) is 0 Å². The lowest BCUT2D eigenvalue weighted by Crippen LogP contribution is -2.38. The molecule has 8 heteroatoms. The van der Waals surface area contributed by atoms with E-state index in [1.165, 1.54) is 0 Å². The van der Waals surface area contributed by atoms with Gasteiger partial charge < -0.3 is 19.7 Å². The van der Waals surface area contributed by atoms with Crippen LogP contribution in [0.2, 0.25) is 0 Å². The maximum absolute atomic E-state index is 11.2. The Balaban J connectivity index is 1.46. The van der Waals surface area contributed by atoms with Gasteiger partial charge in [-0.2, -0.15) is 4.98 Å². The van der Waals surface area contributed by atoms with Crippen molar-refractivity contribution in [1.82, 2.24) is 15.0 Å². The van der Waals surface area contributed by atoms with E-state index in [1.54, 1.807) is 7.11 Å². The number of carbonyl (C=O) groups excluding carboxylic acids is 1. The molecule has 2 heterocycles. The second-order valence-corrected chi connectivity index (χ2v) is 6.02. The molecular weight excluding hydrogens is 324 g/mol. The first kappa shape index (κ1) is 17.2. The van der Waals surface area contributed by atoms with Crippen LogP contribution in [0.4, 0.5) is 0 Å². The molecular formula is C17H22N4O4. The van der Waals surface area contributed by atoms with Gasteiger partial charge in [0.05, 0.1) is 13.7 Å². The van der Waals surface area contributed by atoms with Crippen LogP contribution < -0.4 is 15.2 Å². The quantitative estimate of drug-likeness (QED) is 0.807. The lowest BCUT2D eigenvalue weighted by atomic mass is 9.96. The molecule has 0 aliphatic carbocycles. The number of carbonyl (C=O) groups is 1. The monoisotopic (exact) mass is 346 g/mol. The molecule has 0 radical (unpaired) electrons. The summed E-state index contributed by atoms with van der Waals surface area (Å²) in [7, 11) is 1.62. The minimum atomic E-state index is -0.213. The van der Waals surface area contributed by atoms with Gasteiger partial charge in [0.1, 0.15) is 11.5 Å². The number of ether oxygens (including phenoxy) is 2. The van der Waals surface area contributed by atoms with Crippen LogP contribution in [0, 0.1) is 5.92 Å². The Morgan fingerprint density at radius 1 is 1.28 bits per heavy atom. The largest absolute Gasteiger partial charge is 0.497 e. The van der Waals surface area contributed by atoms with E-state index in [0.29, 0.717) is 24.0 Å². The zero-order valence-electron chi connectivity index (χ0n) is 14.2. The number of benzene rings is 1.